The fourth-order valence-electron chi connectivity index (χ4n) is 0.760. The smallest absolute Gasteiger partial charge is 0.298 e. The molecule has 0 bridgehead atoms. The maximum atomic E-state index is 8.36. The van der Waals surface area contributed by atoms with Gasteiger partial charge in [0.25, 0.3) is 5.71 Å². The maximum Gasteiger partial charge on any atom is 0.298 e. The first-order valence-corrected chi connectivity index (χ1v) is 2.91. The first kappa shape index (κ1) is 5.99. The Balaban J connectivity index is 2.90. The lowest BCUT2D eigenvalue weighted by Gasteiger charge is -1.97. The van der Waals surface area contributed by atoms with Crippen LogP contribution in [0.15, 0.2) is 24.3 Å². The molecule has 1 atom stereocenters. The van der Waals surface area contributed by atoms with Crippen molar-refractivity contribution in [3.8, 4) is 0 Å². The van der Waals surface area contributed by atoms with Crippen molar-refractivity contribution >= 4 is 5.71 Å². The minimum atomic E-state index is 0.250. The van der Waals surface area contributed by atoms with E-state index in [-0.39, 0.29) is 5.92 Å². The molecule has 0 spiro atoms. The van der Waals surface area contributed by atoms with Crippen LogP contribution in [0.4, 0.5) is 0 Å². The summed E-state index contributed by atoms with van der Waals surface area (Å²) in [5.41, 5.74) is 9.08. The monoisotopic (exact) mass is 120 g/mol. The van der Waals surface area contributed by atoms with E-state index >= 15 is 0 Å². The largest absolute Gasteiger partial charge is 0.361 e. The summed E-state index contributed by atoms with van der Waals surface area (Å²) in [7, 11) is 0. The van der Waals surface area contributed by atoms with Gasteiger partial charge in [-0.1, -0.05) is 18.2 Å². The van der Waals surface area contributed by atoms with E-state index in [0.717, 1.165) is 5.71 Å². The van der Waals surface area contributed by atoms with E-state index < -0.39 is 0 Å². The zero-order valence-corrected chi connectivity index (χ0v) is 5.28. The summed E-state index contributed by atoms with van der Waals surface area (Å²) < 4.78 is 0. The van der Waals surface area contributed by atoms with E-state index in [1.807, 2.05) is 25.2 Å². The summed E-state index contributed by atoms with van der Waals surface area (Å²) in [5, 5.41) is 0. The van der Waals surface area contributed by atoms with Crippen LogP contribution in [0, 0.1) is 5.92 Å². The van der Waals surface area contributed by atoms with Crippen molar-refractivity contribution < 1.29 is 4.79 Å². The third-order valence-electron chi connectivity index (χ3n) is 1.36. The zero-order valence-electron chi connectivity index (χ0n) is 5.28. The lowest BCUT2D eigenvalue weighted by molar-refractivity contribution is -0.00858. The van der Waals surface area contributed by atoms with Crippen LogP contribution in [-0.2, 0) is 0 Å². The molecule has 46 valence electrons. The third kappa shape index (κ3) is 1.15. The van der Waals surface area contributed by atoms with Crippen molar-refractivity contribution in [2.75, 3.05) is 0 Å². The van der Waals surface area contributed by atoms with Crippen LogP contribution in [0.2, 0.25) is 0 Å². The highest BCUT2D eigenvalue weighted by Crippen LogP contribution is 2.04. The van der Waals surface area contributed by atoms with Gasteiger partial charge in [0.2, 0.25) is 0 Å². The topological polar surface area (TPSA) is 36.4 Å². The molecule has 0 heterocycles. The van der Waals surface area contributed by atoms with Crippen LogP contribution in [-0.4, -0.2) is 10.5 Å². The van der Waals surface area contributed by atoms with Crippen molar-refractivity contribution in [2.45, 2.75) is 6.92 Å². The Morgan fingerprint density at radius 2 is 2.33 bits per heavy atom. The van der Waals surface area contributed by atoms with Crippen molar-refractivity contribution in [2.24, 2.45) is 5.92 Å². The predicted molar refractivity (Wildman–Crippen MR) is 36.1 cm³/mol. The Morgan fingerprint density at radius 1 is 1.56 bits per heavy atom. The molecule has 0 aromatic rings. The van der Waals surface area contributed by atoms with Crippen LogP contribution < -0.4 is 0 Å². The first-order chi connectivity index (χ1) is 4.34. The van der Waals surface area contributed by atoms with Gasteiger partial charge in [-0.15, -0.1) is 0 Å². The molecule has 0 saturated carbocycles. The summed E-state index contributed by atoms with van der Waals surface area (Å²) in [5.74, 6) is 0.250. The molecule has 9 heavy (non-hydrogen) atoms. The molecule has 0 aromatic carbocycles. The summed E-state index contributed by atoms with van der Waals surface area (Å²) in [6.07, 6.45) is 7.58. The molecule has 0 aromatic heterocycles. The van der Waals surface area contributed by atoms with Crippen LogP contribution in [0.3, 0.4) is 0 Å². The van der Waals surface area contributed by atoms with Crippen molar-refractivity contribution in [1.82, 2.24) is 0 Å². The first-order valence-electron chi connectivity index (χ1n) is 2.91. The Hall–Kier alpha value is -1.14. The van der Waals surface area contributed by atoms with E-state index in [1.165, 1.54) is 0 Å². The zero-order chi connectivity index (χ0) is 6.69. The van der Waals surface area contributed by atoms with Gasteiger partial charge in [0.05, 0.1) is 5.92 Å². The standard InChI is InChI=1S/C7H8N2/c1-6-4-2-3-5-7(6)9-8/h2-6H,1H3. The van der Waals surface area contributed by atoms with Crippen LogP contribution in [0.1, 0.15) is 6.92 Å². The van der Waals surface area contributed by atoms with Gasteiger partial charge >= 0.3 is 0 Å². The van der Waals surface area contributed by atoms with Gasteiger partial charge in [0.1, 0.15) is 0 Å². The van der Waals surface area contributed by atoms with E-state index in [4.69, 9.17) is 5.53 Å². The molecule has 2 heteroatoms. The van der Waals surface area contributed by atoms with Gasteiger partial charge in [0, 0.05) is 6.08 Å². The van der Waals surface area contributed by atoms with Crippen LogP contribution in [0.25, 0.3) is 5.53 Å². The molecule has 0 aliphatic heterocycles. The number of allylic oxidation sites excluding steroid dienone is 4. The van der Waals surface area contributed by atoms with Crippen molar-refractivity contribution in [3.63, 3.8) is 0 Å². The van der Waals surface area contributed by atoms with E-state index in [2.05, 4.69) is 4.79 Å². The lowest BCUT2D eigenvalue weighted by atomic mass is 10.0. The van der Waals surface area contributed by atoms with Gasteiger partial charge in [-0.3, -0.25) is 0 Å². The Bertz CT molecular complexity index is 207. The summed E-state index contributed by atoms with van der Waals surface area (Å²) in [6, 6.07) is 0. The highest BCUT2D eigenvalue weighted by molar-refractivity contribution is 5.94. The second-order valence-corrected chi connectivity index (χ2v) is 2.06. The number of nitrogens with zero attached hydrogens (tertiary/aromatic N) is 2. The van der Waals surface area contributed by atoms with E-state index in [1.54, 1.807) is 6.08 Å². The molecule has 1 aliphatic rings. The molecule has 0 fully saturated rings. The fraction of sp³-hybridized carbons (Fsp3) is 0.286. The molecule has 0 radical (unpaired) electrons. The van der Waals surface area contributed by atoms with Gasteiger partial charge in [-0.05, 0) is 6.92 Å². The highest BCUT2D eigenvalue weighted by atomic mass is 14.9. The summed E-state index contributed by atoms with van der Waals surface area (Å²) in [4.78, 5) is 3.11. The minimum absolute atomic E-state index is 0.250. The molecular formula is C7H8N2. The van der Waals surface area contributed by atoms with Crippen molar-refractivity contribution in [1.29, 1.82) is 0 Å². The van der Waals surface area contributed by atoms with E-state index in [0.29, 0.717) is 0 Å². The Morgan fingerprint density at radius 3 is 2.78 bits per heavy atom. The Labute approximate surface area is 54.1 Å². The van der Waals surface area contributed by atoms with Crippen LogP contribution in [0.5, 0.6) is 0 Å². The number of hydrogen-bond acceptors (Lipinski definition) is 0. The molecule has 0 amide bonds. The number of rotatable bonds is 0. The molecule has 0 N–H and O–H groups in total. The second kappa shape index (κ2) is 2.42. The van der Waals surface area contributed by atoms with Gasteiger partial charge in [-0.2, -0.15) is 4.79 Å². The summed E-state index contributed by atoms with van der Waals surface area (Å²) in [6.45, 7) is 1.98. The van der Waals surface area contributed by atoms with Gasteiger partial charge in [-0.25, -0.2) is 0 Å². The summed E-state index contributed by atoms with van der Waals surface area (Å²) >= 11 is 0. The molecule has 1 rings (SSSR count). The highest BCUT2D eigenvalue weighted by Gasteiger charge is 2.12. The molecular weight excluding hydrogens is 112 g/mol. The van der Waals surface area contributed by atoms with Crippen molar-refractivity contribution in [3.05, 3.63) is 29.8 Å². The maximum absolute atomic E-state index is 8.36. The minimum Gasteiger partial charge on any atom is -0.361 e. The SMILES string of the molecule is CC1C=CC=CC1=[N+]=[N-]. The molecule has 1 aliphatic carbocycles. The second-order valence-electron chi connectivity index (χ2n) is 2.06. The quantitative estimate of drug-likeness (QED) is 0.342. The molecule has 0 saturated heterocycles. The lowest BCUT2D eigenvalue weighted by Crippen LogP contribution is -2.08. The average molecular weight is 120 g/mol. The molecule has 1 unspecified atom stereocenters. The van der Waals surface area contributed by atoms with Gasteiger partial charge < -0.3 is 5.53 Å². The Kier molecular flexibility index (Phi) is 1.61. The third-order valence-corrected chi connectivity index (χ3v) is 1.36. The van der Waals surface area contributed by atoms with Crippen LogP contribution >= 0.6 is 0 Å². The normalized spacial score (nSPS) is 24.1. The van der Waals surface area contributed by atoms with E-state index in [9.17, 15) is 0 Å². The number of hydrogen-bond donors (Lipinski definition) is 0. The van der Waals surface area contributed by atoms with Gasteiger partial charge in [0.15, 0.2) is 0 Å². The molecule has 2 nitrogen and oxygen atoms in total. The average Bonchev–Trinajstić information content (AvgIpc) is 1.89. The predicted octanol–water partition coefficient (Wildman–Crippen LogP) is 1.42. The fourth-order valence-corrected chi connectivity index (χ4v) is 0.760.